The summed E-state index contributed by atoms with van der Waals surface area (Å²) < 4.78 is 26.4. The molecule has 2 rings (SSSR count). The Hall–Kier alpha value is -1.96. The lowest BCUT2D eigenvalue weighted by Gasteiger charge is -2.09. The summed E-state index contributed by atoms with van der Waals surface area (Å²) in [5.74, 6) is 0. The van der Waals surface area contributed by atoms with Crippen molar-refractivity contribution in [2.24, 2.45) is 0 Å². The van der Waals surface area contributed by atoms with E-state index in [1.165, 1.54) is 0 Å². The molecule has 0 spiro atoms. The molecule has 0 amide bonds. The van der Waals surface area contributed by atoms with Crippen LogP contribution in [0.2, 0.25) is 0 Å². The lowest BCUT2D eigenvalue weighted by Crippen LogP contribution is -1.91. The minimum atomic E-state index is -1.65. The average Bonchev–Trinajstić information content (AvgIpc) is 2.35. The van der Waals surface area contributed by atoms with Gasteiger partial charge in [0.25, 0.3) is 6.08 Å². The molecule has 0 heterocycles. The van der Waals surface area contributed by atoms with Crippen molar-refractivity contribution >= 4 is 5.57 Å². The van der Waals surface area contributed by atoms with E-state index < -0.39 is 6.08 Å². The molecule has 0 aliphatic rings. The molecular formula is C16H14F2. The van der Waals surface area contributed by atoms with Crippen molar-refractivity contribution in [2.75, 3.05) is 0 Å². The van der Waals surface area contributed by atoms with E-state index in [-0.39, 0.29) is 5.57 Å². The standard InChI is InChI=1S/C16H14F2/c1-11-8-9-14(10-12(11)2)15(16(17)18)13-6-4-3-5-7-13/h3-10H,1-2H3. The molecule has 2 heteroatoms. The van der Waals surface area contributed by atoms with Crippen LogP contribution in [0.15, 0.2) is 54.6 Å². The summed E-state index contributed by atoms with van der Waals surface area (Å²) in [5.41, 5.74) is 3.23. The molecule has 0 aromatic heterocycles. The van der Waals surface area contributed by atoms with E-state index >= 15 is 0 Å². The third-order valence-electron chi connectivity index (χ3n) is 3.05. The van der Waals surface area contributed by atoms with Gasteiger partial charge in [0.15, 0.2) is 0 Å². The highest BCUT2D eigenvalue weighted by Gasteiger charge is 2.12. The van der Waals surface area contributed by atoms with E-state index in [0.29, 0.717) is 11.1 Å². The Balaban J connectivity index is 2.57. The van der Waals surface area contributed by atoms with Gasteiger partial charge in [-0.15, -0.1) is 0 Å². The normalized spacial score (nSPS) is 10.2. The number of aryl methyl sites for hydroxylation is 2. The number of hydrogen-bond donors (Lipinski definition) is 0. The Kier molecular flexibility index (Phi) is 3.56. The van der Waals surface area contributed by atoms with E-state index in [4.69, 9.17) is 0 Å². The molecule has 0 saturated carbocycles. The Morgan fingerprint density at radius 3 is 2.00 bits per heavy atom. The fourth-order valence-electron chi connectivity index (χ4n) is 1.89. The van der Waals surface area contributed by atoms with Gasteiger partial charge in [-0.2, -0.15) is 8.78 Å². The predicted octanol–water partition coefficient (Wildman–Crippen LogP) is 4.96. The zero-order valence-electron chi connectivity index (χ0n) is 10.4. The molecular weight excluding hydrogens is 230 g/mol. The average molecular weight is 244 g/mol. The summed E-state index contributed by atoms with van der Waals surface area (Å²) in [5, 5.41) is 0. The Labute approximate surface area is 106 Å². The fraction of sp³-hybridized carbons (Fsp3) is 0.125. The Bertz CT molecular complexity index is 579. The van der Waals surface area contributed by atoms with E-state index in [2.05, 4.69) is 0 Å². The SMILES string of the molecule is Cc1ccc(C(=C(F)F)c2ccccc2)cc1C. The topological polar surface area (TPSA) is 0 Å². The number of benzene rings is 2. The van der Waals surface area contributed by atoms with Crippen molar-refractivity contribution in [3.05, 3.63) is 76.9 Å². The third-order valence-corrected chi connectivity index (χ3v) is 3.05. The maximum Gasteiger partial charge on any atom is 0.278 e. The maximum absolute atomic E-state index is 13.2. The van der Waals surface area contributed by atoms with Crippen LogP contribution >= 0.6 is 0 Å². The van der Waals surface area contributed by atoms with Gasteiger partial charge in [-0.1, -0.05) is 48.5 Å². The molecule has 0 aliphatic carbocycles. The molecule has 18 heavy (non-hydrogen) atoms. The van der Waals surface area contributed by atoms with Crippen LogP contribution in [0, 0.1) is 13.8 Å². The molecule has 2 aromatic carbocycles. The van der Waals surface area contributed by atoms with Crippen LogP contribution in [0.5, 0.6) is 0 Å². The van der Waals surface area contributed by atoms with Crippen molar-refractivity contribution in [1.82, 2.24) is 0 Å². The van der Waals surface area contributed by atoms with Gasteiger partial charge in [0.05, 0.1) is 5.57 Å². The summed E-state index contributed by atoms with van der Waals surface area (Å²) >= 11 is 0. The van der Waals surface area contributed by atoms with Gasteiger partial charge in [0, 0.05) is 0 Å². The van der Waals surface area contributed by atoms with E-state index in [0.717, 1.165) is 11.1 Å². The van der Waals surface area contributed by atoms with Gasteiger partial charge in [0.2, 0.25) is 0 Å². The van der Waals surface area contributed by atoms with Gasteiger partial charge in [0.1, 0.15) is 0 Å². The molecule has 0 N–H and O–H groups in total. The van der Waals surface area contributed by atoms with Crippen LogP contribution in [-0.2, 0) is 0 Å². The maximum atomic E-state index is 13.2. The van der Waals surface area contributed by atoms with Crippen LogP contribution in [0.1, 0.15) is 22.3 Å². The number of rotatable bonds is 2. The van der Waals surface area contributed by atoms with E-state index in [9.17, 15) is 8.78 Å². The first-order chi connectivity index (χ1) is 8.59. The zero-order chi connectivity index (χ0) is 13.1. The lowest BCUT2D eigenvalue weighted by atomic mass is 9.96. The van der Waals surface area contributed by atoms with Crippen LogP contribution in [0.25, 0.3) is 5.57 Å². The summed E-state index contributed by atoms with van der Waals surface area (Å²) in [7, 11) is 0. The first-order valence-corrected chi connectivity index (χ1v) is 5.78. The number of hydrogen-bond acceptors (Lipinski definition) is 0. The fourth-order valence-corrected chi connectivity index (χ4v) is 1.89. The molecule has 92 valence electrons. The highest BCUT2D eigenvalue weighted by Crippen LogP contribution is 2.29. The summed E-state index contributed by atoms with van der Waals surface area (Å²) in [6, 6.07) is 14.2. The quantitative estimate of drug-likeness (QED) is 0.700. The molecule has 0 nitrogen and oxygen atoms in total. The van der Waals surface area contributed by atoms with Gasteiger partial charge in [-0.3, -0.25) is 0 Å². The highest BCUT2D eigenvalue weighted by molar-refractivity contribution is 5.80. The Morgan fingerprint density at radius 2 is 1.44 bits per heavy atom. The second-order valence-electron chi connectivity index (χ2n) is 4.30. The monoisotopic (exact) mass is 244 g/mol. The molecule has 0 bridgehead atoms. The van der Waals surface area contributed by atoms with Crippen LogP contribution in [0.3, 0.4) is 0 Å². The second kappa shape index (κ2) is 5.13. The lowest BCUT2D eigenvalue weighted by molar-refractivity contribution is 0.426. The smallest absolute Gasteiger partial charge is 0.173 e. The first kappa shape index (κ1) is 12.5. The molecule has 0 unspecified atom stereocenters. The molecule has 0 saturated heterocycles. The van der Waals surface area contributed by atoms with Gasteiger partial charge >= 0.3 is 0 Å². The van der Waals surface area contributed by atoms with E-state index in [1.807, 2.05) is 26.0 Å². The summed E-state index contributed by atoms with van der Waals surface area (Å²) in [6.45, 7) is 3.90. The second-order valence-corrected chi connectivity index (χ2v) is 4.30. The number of halogens is 2. The first-order valence-electron chi connectivity index (χ1n) is 5.78. The molecule has 0 radical (unpaired) electrons. The molecule has 0 atom stereocenters. The van der Waals surface area contributed by atoms with Gasteiger partial charge in [-0.05, 0) is 36.1 Å². The van der Waals surface area contributed by atoms with Gasteiger partial charge < -0.3 is 0 Å². The van der Waals surface area contributed by atoms with Crippen LogP contribution in [-0.4, -0.2) is 0 Å². The van der Waals surface area contributed by atoms with Crippen molar-refractivity contribution in [2.45, 2.75) is 13.8 Å². The largest absolute Gasteiger partial charge is 0.278 e. The molecule has 2 aromatic rings. The minimum absolute atomic E-state index is 0.0127. The van der Waals surface area contributed by atoms with Crippen molar-refractivity contribution < 1.29 is 8.78 Å². The van der Waals surface area contributed by atoms with Gasteiger partial charge in [-0.25, -0.2) is 0 Å². The van der Waals surface area contributed by atoms with Crippen molar-refractivity contribution in [1.29, 1.82) is 0 Å². The Morgan fingerprint density at radius 1 is 0.778 bits per heavy atom. The van der Waals surface area contributed by atoms with Crippen molar-refractivity contribution in [3.63, 3.8) is 0 Å². The van der Waals surface area contributed by atoms with Crippen LogP contribution in [0.4, 0.5) is 8.78 Å². The molecule has 0 fully saturated rings. The predicted molar refractivity (Wildman–Crippen MR) is 70.6 cm³/mol. The van der Waals surface area contributed by atoms with Crippen molar-refractivity contribution in [3.8, 4) is 0 Å². The summed E-state index contributed by atoms with van der Waals surface area (Å²) in [4.78, 5) is 0. The third kappa shape index (κ3) is 2.48. The van der Waals surface area contributed by atoms with E-state index in [1.54, 1.807) is 36.4 Å². The minimum Gasteiger partial charge on any atom is -0.173 e. The summed E-state index contributed by atoms with van der Waals surface area (Å²) in [6.07, 6.45) is -1.65. The highest BCUT2D eigenvalue weighted by atomic mass is 19.3. The molecule has 0 aliphatic heterocycles. The zero-order valence-corrected chi connectivity index (χ0v) is 10.4. The van der Waals surface area contributed by atoms with Crippen LogP contribution < -0.4 is 0 Å².